The molecular weight excluding hydrogens is 272 g/mol. The Kier molecular flexibility index (Phi) is 4.47. The second-order valence-corrected chi connectivity index (χ2v) is 5.53. The molecule has 0 N–H and O–H groups in total. The van der Waals surface area contributed by atoms with Crippen LogP contribution in [0.1, 0.15) is 26.7 Å². The minimum absolute atomic E-state index is 0.751. The van der Waals surface area contributed by atoms with E-state index >= 15 is 0 Å². The molecule has 0 aromatic heterocycles. The Hall–Kier alpha value is -2.22. The molecule has 0 heterocycles. The van der Waals surface area contributed by atoms with E-state index in [-0.39, 0.29) is 0 Å². The molecular formula is C20H22O2. The van der Waals surface area contributed by atoms with E-state index in [1.807, 2.05) is 12.1 Å². The second-order valence-electron chi connectivity index (χ2n) is 5.53. The third kappa shape index (κ3) is 3.01. The molecule has 0 aliphatic carbocycles. The molecule has 22 heavy (non-hydrogen) atoms. The highest BCUT2D eigenvalue weighted by atomic mass is 16.5. The molecule has 114 valence electrons. The van der Waals surface area contributed by atoms with E-state index in [0.717, 1.165) is 37.6 Å². The van der Waals surface area contributed by atoms with Gasteiger partial charge in [0, 0.05) is 0 Å². The predicted octanol–water partition coefficient (Wildman–Crippen LogP) is 5.57. The predicted molar refractivity (Wildman–Crippen MR) is 93.0 cm³/mol. The Morgan fingerprint density at radius 1 is 0.636 bits per heavy atom. The molecule has 3 aromatic rings. The molecule has 0 fully saturated rings. The maximum atomic E-state index is 5.78. The van der Waals surface area contributed by atoms with Gasteiger partial charge in [-0.2, -0.15) is 0 Å². The standard InChI is InChI=1S/C20H22O2/c1-3-11-21-17-9-7-15-5-6-16-8-10-18(22-12-4-2)14-20(16)19(15)13-17/h5-10,13-14H,3-4,11-12H2,1-2H3. The Labute approximate surface area is 131 Å². The van der Waals surface area contributed by atoms with Crippen LogP contribution in [-0.4, -0.2) is 13.2 Å². The molecule has 0 aliphatic rings. The number of ether oxygens (including phenoxy) is 2. The first kappa shape index (κ1) is 14.7. The molecule has 0 radical (unpaired) electrons. The van der Waals surface area contributed by atoms with Crippen LogP contribution < -0.4 is 9.47 Å². The maximum Gasteiger partial charge on any atom is 0.119 e. The van der Waals surface area contributed by atoms with Crippen molar-refractivity contribution in [1.82, 2.24) is 0 Å². The van der Waals surface area contributed by atoms with E-state index in [1.165, 1.54) is 21.5 Å². The van der Waals surface area contributed by atoms with Crippen LogP contribution >= 0.6 is 0 Å². The van der Waals surface area contributed by atoms with Crippen molar-refractivity contribution in [3.63, 3.8) is 0 Å². The molecule has 0 saturated heterocycles. The fourth-order valence-corrected chi connectivity index (χ4v) is 2.63. The highest BCUT2D eigenvalue weighted by molar-refractivity contribution is 6.08. The molecule has 0 bridgehead atoms. The van der Waals surface area contributed by atoms with Crippen molar-refractivity contribution in [2.45, 2.75) is 26.7 Å². The smallest absolute Gasteiger partial charge is 0.119 e. The zero-order valence-electron chi connectivity index (χ0n) is 13.3. The summed E-state index contributed by atoms with van der Waals surface area (Å²) in [5.41, 5.74) is 0. The van der Waals surface area contributed by atoms with Crippen LogP contribution in [0.5, 0.6) is 11.5 Å². The lowest BCUT2D eigenvalue weighted by atomic mass is 10.0. The van der Waals surface area contributed by atoms with Crippen LogP contribution in [-0.2, 0) is 0 Å². The van der Waals surface area contributed by atoms with Gasteiger partial charge in [0.15, 0.2) is 0 Å². The van der Waals surface area contributed by atoms with Crippen molar-refractivity contribution >= 4 is 21.5 Å². The first-order valence-electron chi connectivity index (χ1n) is 8.04. The Morgan fingerprint density at radius 3 is 1.45 bits per heavy atom. The Morgan fingerprint density at radius 2 is 1.05 bits per heavy atom. The second kappa shape index (κ2) is 6.69. The highest BCUT2D eigenvalue weighted by Crippen LogP contribution is 2.31. The van der Waals surface area contributed by atoms with E-state index in [0.29, 0.717) is 0 Å². The van der Waals surface area contributed by atoms with Gasteiger partial charge < -0.3 is 9.47 Å². The Balaban J connectivity index is 2.09. The fraction of sp³-hybridized carbons (Fsp3) is 0.300. The summed E-state index contributed by atoms with van der Waals surface area (Å²) >= 11 is 0. The van der Waals surface area contributed by atoms with E-state index in [9.17, 15) is 0 Å². The molecule has 0 saturated carbocycles. The van der Waals surface area contributed by atoms with Gasteiger partial charge >= 0.3 is 0 Å². The molecule has 3 aromatic carbocycles. The first-order valence-corrected chi connectivity index (χ1v) is 8.04. The van der Waals surface area contributed by atoms with E-state index < -0.39 is 0 Å². The van der Waals surface area contributed by atoms with Crippen molar-refractivity contribution in [1.29, 1.82) is 0 Å². The van der Waals surface area contributed by atoms with Gasteiger partial charge in [0.1, 0.15) is 11.5 Å². The van der Waals surface area contributed by atoms with Gasteiger partial charge in [-0.05, 0) is 58.7 Å². The molecule has 0 atom stereocenters. The van der Waals surface area contributed by atoms with Crippen molar-refractivity contribution in [3.05, 3.63) is 48.5 Å². The average molecular weight is 294 g/mol. The summed E-state index contributed by atoms with van der Waals surface area (Å²) in [6.07, 6.45) is 2.03. The number of benzene rings is 3. The molecule has 0 aliphatic heterocycles. The zero-order chi connectivity index (χ0) is 15.4. The lowest BCUT2D eigenvalue weighted by Crippen LogP contribution is -1.95. The summed E-state index contributed by atoms with van der Waals surface area (Å²) in [4.78, 5) is 0. The molecule has 0 spiro atoms. The number of fused-ring (bicyclic) bond motifs is 3. The number of rotatable bonds is 6. The number of hydrogen-bond acceptors (Lipinski definition) is 2. The SMILES string of the molecule is CCCOc1ccc2ccc3ccc(OCCC)cc3c2c1. The van der Waals surface area contributed by atoms with E-state index in [2.05, 4.69) is 50.2 Å². The van der Waals surface area contributed by atoms with E-state index in [4.69, 9.17) is 9.47 Å². The molecule has 0 amide bonds. The third-order valence-corrected chi connectivity index (χ3v) is 3.73. The zero-order valence-corrected chi connectivity index (χ0v) is 13.3. The van der Waals surface area contributed by atoms with Gasteiger partial charge in [0.05, 0.1) is 13.2 Å². The van der Waals surface area contributed by atoms with Crippen LogP contribution in [0, 0.1) is 0 Å². The fourth-order valence-electron chi connectivity index (χ4n) is 2.63. The number of hydrogen-bond donors (Lipinski definition) is 0. The largest absolute Gasteiger partial charge is 0.494 e. The Bertz CT molecular complexity index is 710. The maximum absolute atomic E-state index is 5.78. The van der Waals surface area contributed by atoms with Gasteiger partial charge in [0.2, 0.25) is 0 Å². The lowest BCUT2D eigenvalue weighted by molar-refractivity contribution is 0.317. The van der Waals surface area contributed by atoms with Crippen molar-refractivity contribution in [2.24, 2.45) is 0 Å². The van der Waals surface area contributed by atoms with Gasteiger partial charge in [0.25, 0.3) is 0 Å². The monoisotopic (exact) mass is 294 g/mol. The van der Waals surface area contributed by atoms with Gasteiger partial charge in [-0.15, -0.1) is 0 Å². The lowest BCUT2D eigenvalue weighted by Gasteiger charge is -2.10. The molecule has 3 rings (SSSR count). The minimum atomic E-state index is 0.751. The highest BCUT2D eigenvalue weighted by Gasteiger charge is 2.04. The van der Waals surface area contributed by atoms with Crippen LogP contribution in [0.2, 0.25) is 0 Å². The molecule has 2 heteroatoms. The summed E-state index contributed by atoms with van der Waals surface area (Å²) in [6.45, 7) is 5.74. The van der Waals surface area contributed by atoms with E-state index in [1.54, 1.807) is 0 Å². The average Bonchev–Trinajstić information content (AvgIpc) is 2.57. The van der Waals surface area contributed by atoms with Crippen molar-refractivity contribution in [3.8, 4) is 11.5 Å². The summed E-state index contributed by atoms with van der Waals surface area (Å²) in [5, 5.41) is 4.88. The van der Waals surface area contributed by atoms with Crippen molar-refractivity contribution in [2.75, 3.05) is 13.2 Å². The summed E-state index contributed by atoms with van der Waals surface area (Å²) < 4.78 is 11.6. The quantitative estimate of drug-likeness (QED) is 0.553. The van der Waals surface area contributed by atoms with Crippen LogP contribution in [0.4, 0.5) is 0 Å². The molecule has 2 nitrogen and oxygen atoms in total. The van der Waals surface area contributed by atoms with Crippen LogP contribution in [0.25, 0.3) is 21.5 Å². The summed E-state index contributed by atoms with van der Waals surface area (Å²) in [7, 11) is 0. The topological polar surface area (TPSA) is 18.5 Å². The van der Waals surface area contributed by atoms with Gasteiger partial charge in [-0.3, -0.25) is 0 Å². The summed E-state index contributed by atoms with van der Waals surface area (Å²) in [5.74, 6) is 1.86. The van der Waals surface area contributed by atoms with Crippen molar-refractivity contribution < 1.29 is 9.47 Å². The van der Waals surface area contributed by atoms with Gasteiger partial charge in [-0.1, -0.05) is 38.1 Å². The van der Waals surface area contributed by atoms with Crippen LogP contribution in [0.15, 0.2) is 48.5 Å². The van der Waals surface area contributed by atoms with Gasteiger partial charge in [-0.25, -0.2) is 0 Å². The third-order valence-electron chi connectivity index (χ3n) is 3.73. The first-order chi connectivity index (χ1) is 10.8. The molecule has 0 unspecified atom stereocenters. The normalized spacial score (nSPS) is 11.0. The van der Waals surface area contributed by atoms with Crippen LogP contribution in [0.3, 0.4) is 0 Å². The minimum Gasteiger partial charge on any atom is -0.494 e. The summed E-state index contributed by atoms with van der Waals surface area (Å²) in [6, 6.07) is 16.9.